The number of hydrogen-bond donors (Lipinski definition) is 0. The van der Waals surface area contributed by atoms with Crippen LogP contribution in [-0.4, -0.2) is 13.7 Å². The van der Waals surface area contributed by atoms with Gasteiger partial charge in [-0.1, -0.05) is 30.4 Å². The van der Waals surface area contributed by atoms with Crippen molar-refractivity contribution < 1.29 is 8.42 Å². The van der Waals surface area contributed by atoms with Gasteiger partial charge in [0.25, 0.3) is 0 Å². The maximum atomic E-state index is 12.9. The summed E-state index contributed by atoms with van der Waals surface area (Å²) in [5.41, 5.74) is 4.10. The summed E-state index contributed by atoms with van der Waals surface area (Å²) >= 11 is 0. The molecule has 3 rings (SSSR count). The molecule has 0 spiro atoms. The first-order chi connectivity index (χ1) is 8.93. The molecule has 1 aliphatic carbocycles. The Morgan fingerprint density at radius 2 is 1.74 bits per heavy atom. The summed E-state index contributed by atoms with van der Waals surface area (Å²) < 4.78 is 25.8. The normalized spacial score (nSPS) is 26.9. The van der Waals surface area contributed by atoms with Crippen LogP contribution in [0.5, 0.6) is 0 Å². The molecule has 19 heavy (non-hydrogen) atoms. The largest absolute Gasteiger partial charge is 0.223 e. The molecule has 0 fully saturated rings. The molecule has 2 atom stereocenters. The quantitative estimate of drug-likeness (QED) is 0.728. The number of fused-ring (bicyclic) bond motifs is 2. The smallest absolute Gasteiger partial charge is 0.185 e. The average molecular weight is 274 g/mol. The van der Waals surface area contributed by atoms with Crippen molar-refractivity contribution in [2.24, 2.45) is 5.92 Å². The monoisotopic (exact) mass is 274 g/mol. The van der Waals surface area contributed by atoms with Crippen LogP contribution in [0.15, 0.2) is 35.3 Å². The molecule has 0 saturated heterocycles. The summed E-state index contributed by atoms with van der Waals surface area (Å²) in [5.74, 6) is 0.0864. The Labute approximate surface area is 114 Å². The Hall–Kier alpha value is -1.35. The van der Waals surface area contributed by atoms with Crippen LogP contribution >= 0.6 is 0 Å². The molecule has 1 aromatic rings. The molecule has 0 aromatic heterocycles. The fraction of sp³-hybridized carbons (Fsp3) is 0.375. The molecule has 1 heterocycles. The highest BCUT2D eigenvalue weighted by atomic mass is 32.2. The van der Waals surface area contributed by atoms with Crippen LogP contribution in [-0.2, 0) is 16.3 Å². The summed E-state index contributed by atoms with van der Waals surface area (Å²) in [6.07, 6.45) is 8.49. The lowest BCUT2D eigenvalue weighted by Gasteiger charge is -2.33. The van der Waals surface area contributed by atoms with Gasteiger partial charge in [-0.25, -0.2) is 8.42 Å². The van der Waals surface area contributed by atoms with Gasteiger partial charge in [-0.3, -0.25) is 0 Å². The van der Waals surface area contributed by atoms with E-state index in [0.717, 1.165) is 28.7 Å². The van der Waals surface area contributed by atoms with Gasteiger partial charge >= 0.3 is 0 Å². The first-order valence-corrected chi connectivity index (χ1v) is 8.16. The summed E-state index contributed by atoms with van der Waals surface area (Å²) in [5, 5.41) is -0.384. The second-order valence-electron chi connectivity index (χ2n) is 5.59. The van der Waals surface area contributed by atoms with Crippen molar-refractivity contribution in [2.75, 3.05) is 0 Å². The lowest BCUT2D eigenvalue weighted by Crippen LogP contribution is -2.36. The molecule has 2 aliphatic rings. The Morgan fingerprint density at radius 1 is 1.05 bits per heavy atom. The molecule has 0 radical (unpaired) electrons. The van der Waals surface area contributed by atoms with Crippen molar-refractivity contribution in [3.8, 4) is 0 Å². The predicted molar refractivity (Wildman–Crippen MR) is 77.1 cm³/mol. The van der Waals surface area contributed by atoms with Crippen molar-refractivity contribution in [1.29, 1.82) is 0 Å². The second-order valence-corrected chi connectivity index (χ2v) is 7.63. The second kappa shape index (κ2) is 4.07. The van der Waals surface area contributed by atoms with Gasteiger partial charge in [0.05, 0.1) is 10.1 Å². The SMILES string of the molecule is Cc1cc(C)c2c(c1C)S(=O)(=O)[C@@H]1C=CC=C[C@@H]1C2. The van der Waals surface area contributed by atoms with Crippen molar-refractivity contribution in [3.05, 3.63) is 52.6 Å². The molecule has 0 N–H and O–H groups in total. The van der Waals surface area contributed by atoms with Gasteiger partial charge in [-0.05, 0) is 49.4 Å². The lowest BCUT2D eigenvalue weighted by molar-refractivity contribution is 0.539. The zero-order valence-electron chi connectivity index (χ0n) is 11.5. The predicted octanol–water partition coefficient (Wildman–Crippen LogP) is 3.05. The number of rotatable bonds is 0. The van der Waals surface area contributed by atoms with Crippen LogP contribution in [0.4, 0.5) is 0 Å². The van der Waals surface area contributed by atoms with Crippen LogP contribution in [0.2, 0.25) is 0 Å². The lowest BCUT2D eigenvalue weighted by atomic mass is 9.88. The summed E-state index contributed by atoms with van der Waals surface area (Å²) in [6.45, 7) is 5.93. The highest BCUT2D eigenvalue weighted by molar-refractivity contribution is 7.92. The van der Waals surface area contributed by atoms with E-state index in [-0.39, 0.29) is 11.2 Å². The van der Waals surface area contributed by atoms with Crippen LogP contribution in [0.3, 0.4) is 0 Å². The number of benzene rings is 1. The topological polar surface area (TPSA) is 34.1 Å². The third kappa shape index (κ3) is 1.71. The van der Waals surface area contributed by atoms with Crippen molar-refractivity contribution in [1.82, 2.24) is 0 Å². The first-order valence-electron chi connectivity index (χ1n) is 6.61. The van der Waals surface area contributed by atoms with Gasteiger partial charge in [-0.15, -0.1) is 0 Å². The van der Waals surface area contributed by atoms with Crippen molar-refractivity contribution in [2.45, 2.75) is 37.3 Å². The van der Waals surface area contributed by atoms with Crippen molar-refractivity contribution in [3.63, 3.8) is 0 Å². The number of hydrogen-bond acceptors (Lipinski definition) is 2. The molecule has 100 valence electrons. The van der Waals surface area contributed by atoms with E-state index in [2.05, 4.69) is 6.07 Å². The zero-order valence-corrected chi connectivity index (χ0v) is 12.3. The van der Waals surface area contributed by atoms with Crippen LogP contribution in [0.25, 0.3) is 0 Å². The third-order valence-corrected chi connectivity index (χ3v) is 6.74. The molecule has 0 amide bonds. The van der Waals surface area contributed by atoms with Gasteiger partial charge < -0.3 is 0 Å². The Kier molecular flexibility index (Phi) is 2.72. The van der Waals surface area contributed by atoms with E-state index < -0.39 is 9.84 Å². The fourth-order valence-electron chi connectivity index (χ4n) is 3.27. The van der Waals surface area contributed by atoms with E-state index >= 15 is 0 Å². The highest BCUT2D eigenvalue weighted by Gasteiger charge is 2.40. The molecule has 0 saturated carbocycles. The van der Waals surface area contributed by atoms with Gasteiger partial charge in [0.15, 0.2) is 9.84 Å². The minimum Gasteiger partial charge on any atom is -0.223 e. The number of aryl methyl sites for hydroxylation is 2. The summed E-state index contributed by atoms with van der Waals surface area (Å²) in [6, 6.07) is 2.10. The van der Waals surface area contributed by atoms with E-state index in [4.69, 9.17) is 0 Å². The molecular formula is C16H18O2S. The molecule has 3 heteroatoms. The van der Waals surface area contributed by atoms with E-state index in [1.165, 1.54) is 0 Å². The first kappa shape index (κ1) is 12.7. The molecule has 0 unspecified atom stereocenters. The van der Waals surface area contributed by atoms with E-state index in [0.29, 0.717) is 4.90 Å². The zero-order chi connectivity index (χ0) is 13.8. The summed E-state index contributed by atoms with van der Waals surface area (Å²) in [7, 11) is -3.26. The van der Waals surface area contributed by atoms with Gasteiger partial charge in [0.2, 0.25) is 0 Å². The molecule has 0 bridgehead atoms. The van der Waals surface area contributed by atoms with Crippen LogP contribution < -0.4 is 0 Å². The van der Waals surface area contributed by atoms with E-state index in [1.54, 1.807) is 0 Å². The maximum Gasteiger partial charge on any atom is 0.185 e. The minimum absolute atomic E-state index is 0.0864. The van der Waals surface area contributed by atoms with E-state index in [1.807, 2.05) is 45.1 Å². The molecular weight excluding hydrogens is 256 g/mol. The summed E-state index contributed by atoms with van der Waals surface area (Å²) in [4.78, 5) is 0.589. The van der Waals surface area contributed by atoms with Gasteiger partial charge in [0.1, 0.15) is 0 Å². The van der Waals surface area contributed by atoms with Crippen molar-refractivity contribution >= 4 is 9.84 Å². The molecule has 1 aromatic carbocycles. The van der Waals surface area contributed by atoms with Crippen LogP contribution in [0, 0.1) is 26.7 Å². The Bertz CT molecular complexity index is 709. The van der Waals surface area contributed by atoms with Crippen LogP contribution in [0.1, 0.15) is 22.3 Å². The number of sulfone groups is 1. The average Bonchev–Trinajstić information content (AvgIpc) is 2.35. The standard InChI is InChI=1S/C16H18O2S/c1-10-8-11(2)14-9-13-6-4-5-7-15(13)19(17,18)16(14)12(10)3/h4-8,13,15H,9H2,1-3H3/t13-,15-/m1/s1. The highest BCUT2D eigenvalue weighted by Crippen LogP contribution is 2.40. The minimum atomic E-state index is -3.26. The molecule has 2 nitrogen and oxygen atoms in total. The molecule has 1 aliphatic heterocycles. The van der Waals surface area contributed by atoms with Gasteiger partial charge in [0, 0.05) is 5.92 Å². The van der Waals surface area contributed by atoms with Gasteiger partial charge in [-0.2, -0.15) is 0 Å². The fourth-order valence-corrected chi connectivity index (χ4v) is 5.66. The maximum absolute atomic E-state index is 12.9. The Morgan fingerprint density at radius 3 is 2.47 bits per heavy atom. The van der Waals surface area contributed by atoms with E-state index in [9.17, 15) is 8.42 Å². The number of allylic oxidation sites excluding steroid dienone is 3. The third-order valence-electron chi connectivity index (χ3n) is 4.39. The Balaban J connectivity index is 2.34.